The molecule has 1 amide bonds. The van der Waals surface area contributed by atoms with Crippen LogP contribution >= 0.6 is 0 Å². The molecule has 1 rings (SSSR count). The molecule has 1 aliphatic rings. The van der Waals surface area contributed by atoms with Crippen molar-refractivity contribution in [1.82, 2.24) is 4.90 Å². The molecule has 8 atom stereocenters. The van der Waals surface area contributed by atoms with Gasteiger partial charge in [-0.1, -0.05) is 132 Å². The Labute approximate surface area is 313 Å². The number of nitrogens with zero attached hydrogens (tertiary/aromatic N) is 1. The van der Waals surface area contributed by atoms with Crippen LogP contribution in [0.5, 0.6) is 0 Å². The lowest BCUT2D eigenvalue weighted by atomic mass is 9.81. The zero-order valence-electron chi connectivity index (χ0n) is 36.0. The average molecular weight is 734 g/mol. The molecule has 50 heavy (non-hydrogen) atoms. The van der Waals surface area contributed by atoms with E-state index in [9.17, 15) is 9.90 Å². The van der Waals surface area contributed by atoms with Crippen molar-refractivity contribution in [3.05, 3.63) is 36.5 Å². The lowest BCUT2D eigenvalue weighted by Gasteiger charge is -2.44. The molecule has 0 aromatic heterocycles. The summed E-state index contributed by atoms with van der Waals surface area (Å²) in [6, 6.07) is 0. The smallest absolute Gasteiger partial charge is 0.222 e. The third-order valence-electron chi connectivity index (χ3n) is 12.6. The molecule has 5 nitrogen and oxygen atoms in total. The first-order chi connectivity index (χ1) is 22.8. The van der Waals surface area contributed by atoms with Crippen molar-refractivity contribution < 1.29 is 18.8 Å². The molecule has 0 saturated heterocycles. The van der Waals surface area contributed by atoms with E-state index in [0.717, 1.165) is 6.42 Å². The molecule has 0 aromatic rings. The van der Waals surface area contributed by atoms with E-state index in [1.807, 2.05) is 24.1 Å². The molecule has 0 spiro atoms. The van der Waals surface area contributed by atoms with Crippen LogP contribution in [0.2, 0.25) is 36.3 Å². The SMILES string of the molecule is C=CC=C[C@H](C)[C@H](O)[C@@H](C)[C@H](O[Si](C)(C)C(C)(C)C)[C@@H](C)CC(C)=C[C@H](C)[C@@H](O[Si](C)(C)C(C)(C)C)[C@@H](C)CN(C)C(=O)CC1CCCCC1. The summed E-state index contributed by atoms with van der Waals surface area (Å²) in [4.78, 5) is 15.3. The van der Waals surface area contributed by atoms with Crippen molar-refractivity contribution >= 4 is 22.5 Å². The predicted octanol–water partition coefficient (Wildman–Crippen LogP) is 11.8. The van der Waals surface area contributed by atoms with Gasteiger partial charge in [-0.3, -0.25) is 4.79 Å². The Morgan fingerprint density at radius 2 is 1.36 bits per heavy atom. The summed E-state index contributed by atoms with van der Waals surface area (Å²) < 4.78 is 14.4. The highest BCUT2D eigenvalue weighted by atomic mass is 28.4. The third kappa shape index (κ3) is 14.4. The van der Waals surface area contributed by atoms with Crippen LogP contribution in [0.4, 0.5) is 0 Å². The number of allylic oxidation sites excluding steroid dienone is 3. The molecule has 292 valence electrons. The Bertz CT molecular complexity index is 1100. The fourth-order valence-corrected chi connectivity index (χ4v) is 10.2. The van der Waals surface area contributed by atoms with E-state index in [2.05, 4.69) is 122 Å². The van der Waals surface area contributed by atoms with Crippen LogP contribution < -0.4 is 0 Å². The number of aliphatic hydroxyl groups excluding tert-OH is 1. The van der Waals surface area contributed by atoms with E-state index < -0.39 is 22.7 Å². The standard InChI is InChI=1S/C43H83NO4Si2/c1-19-20-24-32(3)39(46)36(7)41(48-50(17,18)43(11,12)13)34(5)28-31(2)27-33(4)40(47-49(15,16)42(8,9)10)35(6)30-44(14)38(45)29-37-25-22-21-23-26-37/h19-20,24,27,32-37,39-41,46H,1,21-23,25-26,28-30H2,2-18H3/t32-,33-,34-,35-,36+,39-,40+,41+/m0/s1. The highest BCUT2D eigenvalue weighted by Gasteiger charge is 2.44. The zero-order chi connectivity index (χ0) is 38.8. The fourth-order valence-electron chi connectivity index (χ4n) is 7.23. The number of carbonyl (C=O) groups is 1. The van der Waals surface area contributed by atoms with Gasteiger partial charge in [-0.05, 0) is 86.1 Å². The van der Waals surface area contributed by atoms with Crippen LogP contribution in [-0.4, -0.2) is 64.5 Å². The minimum atomic E-state index is -2.11. The van der Waals surface area contributed by atoms with Crippen LogP contribution in [0.25, 0.3) is 0 Å². The van der Waals surface area contributed by atoms with Gasteiger partial charge in [-0.2, -0.15) is 0 Å². The van der Waals surface area contributed by atoms with Gasteiger partial charge in [-0.25, -0.2) is 0 Å². The Morgan fingerprint density at radius 3 is 1.84 bits per heavy atom. The summed E-state index contributed by atoms with van der Waals surface area (Å²) in [5.74, 6) is 1.37. The summed E-state index contributed by atoms with van der Waals surface area (Å²) in [5.41, 5.74) is 1.33. The summed E-state index contributed by atoms with van der Waals surface area (Å²) in [7, 11) is -2.21. The molecule has 7 heteroatoms. The molecule has 0 aromatic carbocycles. The molecule has 0 bridgehead atoms. The van der Waals surface area contributed by atoms with Crippen LogP contribution in [-0.2, 0) is 13.6 Å². The number of carbonyl (C=O) groups excluding carboxylic acids is 1. The van der Waals surface area contributed by atoms with Crippen molar-refractivity contribution in [2.24, 2.45) is 35.5 Å². The van der Waals surface area contributed by atoms with Crippen molar-refractivity contribution in [3.8, 4) is 0 Å². The van der Waals surface area contributed by atoms with Crippen molar-refractivity contribution in [3.63, 3.8) is 0 Å². The van der Waals surface area contributed by atoms with E-state index in [0.29, 0.717) is 18.9 Å². The predicted molar refractivity (Wildman–Crippen MR) is 223 cm³/mol. The summed E-state index contributed by atoms with van der Waals surface area (Å²) in [5, 5.41) is 11.7. The van der Waals surface area contributed by atoms with E-state index in [4.69, 9.17) is 8.85 Å². The van der Waals surface area contributed by atoms with Crippen LogP contribution in [0.1, 0.15) is 128 Å². The second-order valence-corrected chi connectivity index (χ2v) is 29.0. The third-order valence-corrected chi connectivity index (χ3v) is 21.6. The number of aliphatic hydroxyl groups is 1. The van der Waals surface area contributed by atoms with Gasteiger partial charge < -0.3 is 18.9 Å². The van der Waals surface area contributed by atoms with Gasteiger partial charge in [0.25, 0.3) is 0 Å². The number of amides is 1. The quantitative estimate of drug-likeness (QED) is 0.0816. The first-order valence-corrected chi connectivity index (χ1v) is 25.8. The molecule has 1 fully saturated rings. The maximum atomic E-state index is 13.4. The fraction of sp³-hybridized carbons (Fsp3) is 0.837. The minimum Gasteiger partial charge on any atom is -0.413 e. The zero-order valence-corrected chi connectivity index (χ0v) is 38.0. The van der Waals surface area contributed by atoms with Gasteiger partial charge >= 0.3 is 0 Å². The van der Waals surface area contributed by atoms with Gasteiger partial charge in [0.1, 0.15) is 0 Å². The molecule has 1 saturated carbocycles. The highest BCUT2D eigenvalue weighted by Crippen LogP contribution is 2.42. The summed E-state index contributed by atoms with van der Waals surface area (Å²) in [6.07, 6.45) is 15.3. The average Bonchev–Trinajstić information content (AvgIpc) is 2.99. The largest absolute Gasteiger partial charge is 0.413 e. The number of rotatable bonds is 19. The van der Waals surface area contributed by atoms with E-state index in [-0.39, 0.29) is 57.8 Å². The van der Waals surface area contributed by atoms with Crippen LogP contribution in [0, 0.1) is 35.5 Å². The summed E-state index contributed by atoms with van der Waals surface area (Å²) in [6.45, 7) is 41.0. The minimum absolute atomic E-state index is 0.000197. The van der Waals surface area contributed by atoms with E-state index in [1.54, 1.807) is 6.08 Å². The molecule has 0 heterocycles. The Morgan fingerprint density at radius 1 is 0.860 bits per heavy atom. The molecular formula is C43H83NO4Si2. The van der Waals surface area contributed by atoms with Crippen LogP contribution in [0.3, 0.4) is 0 Å². The van der Waals surface area contributed by atoms with Crippen molar-refractivity contribution in [2.75, 3.05) is 13.6 Å². The second kappa shape index (κ2) is 19.9. The van der Waals surface area contributed by atoms with Gasteiger partial charge in [0.2, 0.25) is 5.91 Å². The topological polar surface area (TPSA) is 59.0 Å². The van der Waals surface area contributed by atoms with Gasteiger partial charge in [0.05, 0.1) is 18.3 Å². The maximum Gasteiger partial charge on any atom is 0.222 e. The first-order valence-electron chi connectivity index (χ1n) is 20.0. The molecule has 0 aliphatic heterocycles. The maximum absolute atomic E-state index is 13.4. The Kier molecular flexibility index (Phi) is 18.7. The first kappa shape index (κ1) is 47.0. The molecular weight excluding hydrogens is 651 g/mol. The number of hydrogen-bond acceptors (Lipinski definition) is 4. The van der Waals surface area contributed by atoms with Crippen molar-refractivity contribution in [1.29, 1.82) is 0 Å². The molecule has 0 unspecified atom stereocenters. The normalized spacial score (nSPS) is 20.9. The lowest BCUT2D eigenvalue weighted by Crippen LogP contribution is -2.50. The second-order valence-electron chi connectivity index (χ2n) is 19.5. The van der Waals surface area contributed by atoms with Crippen LogP contribution in [0.15, 0.2) is 36.5 Å². The van der Waals surface area contributed by atoms with Crippen molar-refractivity contribution in [2.45, 2.75) is 183 Å². The molecule has 0 radical (unpaired) electrons. The van der Waals surface area contributed by atoms with Gasteiger partial charge in [0.15, 0.2) is 16.6 Å². The highest BCUT2D eigenvalue weighted by molar-refractivity contribution is 6.74. The monoisotopic (exact) mass is 734 g/mol. The van der Waals surface area contributed by atoms with Gasteiger partial charge in [0, 0.05) is 31.8 Å². The molecule has 1 N–H and O–H groups in total. The molecule has 1 aliphatic carbocycles. The Balaban J connectivity index is 3.34. The lowest BCUT2D eigenvalue weighted by molar-refractivity contribution is -0.132. The number of hydrogen-bond donors (Lipinski definition) is 1. The van der Waals surface area contributed by atoms with E-state index >= 15 is 0 Å². The van der Waals surface area contributed by atoms with E-state index in [1.165, 1.54) is 37.7 Å². The Hall–Kier alpha value is -0.996. The summed E-state index contributed by atoms with van der Waals surface area (Å²) >= 11 is 0. The van der Waals surface area contributed by atoms with Gasteiger partial charge in [-0.15, -0.1) is 0 Å².